The van der Waals surface area contributed by atoms with Gasteiger partial charge in [-0.3, -0.25) is 0 Å². The van der Waals surface area contributed by atoms with Crippen LogP contribution in [0.25, 0.3) is 0 Å². The summed E-state index contributed by atoms with van der Waals surface area (Å²) in [6.07, 6.45) is 0.334. The Morgan fingerprint density at radius 3 is 2.41 bits per heavy atom. The van der Waals surface area contributed by atoms with Crippen LogP contribution in [0.1, 0.15) is 20.3 Å². The first-order valence-electron chi connectivity index (χ1n) is 6.83. The molecule has 0 saturated carbocycles. The molecule has 120 valence electrons. The molecule has 1 unspecified atom stereocenters. The topological polar surface area (TPSA) is 76.7 Å². The molecule has 1 atom stereocenters. The molecule has 1 heterocycles. The molecule has 2 rings (SSSR count). The zero-order valence-corrected chi connectivity index (χ0v) is 13.5. The molecular formula is C15H19ClN2O4. The minimum Gasteiger partial charge on any atom is -0.467 e. The summed E-state index contributed by atoms with van der Waals surface area (Å²) in [7, 11) is 1.29. The molecule has 1 aliphatic heterocycles. The number of hydrogen-bond donors (Lipinski definition) is 2. The third kappa shape index (κ3) is 3.69. The number of carbonyl (C=O) groups excluding carboxylic acids is 2. The Morgan fingerprint density at radius 2 is 1.91 bits per heavy atom. The number of methoxy groups -OCH3 is 1. The standard InChI is InChI=1S/C15H19ClN2O4/c1-14(2)8-15(9-22-14,12(19)21-3)18-13(20)17-11-6-4-10(16)5-7-11/h4-7H,8-9H2,1-3H3,(H2,17,18,20). The van der Waals surface area contributed by atoms with Gasteiger partial charge in [-0.25, -0.2) is 9.59 Å². The van der Waals surface area contributed by atoms with Crippen LogP contribution >= 0.6 is 11.6 Å². The first kappa shape index (κ1) is 16.6. The predicted molar refractivity (Wildman–Crippen MR) is 83.0 cm³/mol. The lowest BCUT2D eigenvalue weighted by Gasteiger charge is -2.27. The largest absolute Gasteiger partial charge is 0.467 e. The van der Waals surface area contributed by atoms with Crippen molar-refractivity contribution in [2.24, 2.45) is 0 Å². The summed E-state index contributed by atoms with van der Waals surface area (Å²) >= 11 is 5.79. The lowest BCUT2D eigenvalue weighted by atomic mass is 9.90. The van der Waals surface area contributed by atoms with Gasteiger partial charge in [0, 0.05) is 17.1 Å². The highest BCUT2D eigenvalue weighted by Crippen LogP contribution is 2.33. The number of ether oxygens (including phenoxy) is 2. The van der Waals surface area contributed by atoms with Crippen LogP contribution in [0.4, 0.5) is 10.5 Å². The van der Waals surface area contributed by atoms with Crippen LogP contribution in [-0.4, -0.2) is 36.9 Å². The van der Waals surface area contributed by atoms with E-state index in [4.69, 9.17) is 21.1 Å². The van der Waals surface area contributed by atoms with Crippen molar-refractivity contribution in [3.63, 3.8) is 0 Å². The number of halogens is 1. The Hall–Kier alpha value is -1.79. The maximum Gasteiger partial charge on any atom is 0.334 e. The molecular weight excluding hydrogens is 308 g/mol. The van der Waals surface area contributed by atoms with E-state index in [-0.39, 0.29) is 6.61 Å². The van der Waals surface area contributed by atoms with Crippen molar-refractivity contribution >= 4 is 29.3 Å². The predicted octanol–water partition coefficient (Wildman–Crippen LogP) is 2.57. The smallest absolute Gasteiger partial charge is 0.334 e. The highest BCUT2D eigenvalue weighted by Gasteiger charge is 2.52. The highest BCUT2D eigenvalue weighted by molar-refractivity contribution is 6.30. The number of urea groups is 1. The molecule has 1 saturated heterocycles. The average molecular weight is 327 g/mol. The van der Waals surface area contributed by atoms with Gasteiger partial charge in [-0.1, -0.05) is 11.6 Å². The molecule has 1 aromatic carbocycles. The summed E-state index contributed by atoms with van der Waals surface area (Å²) in [4.78, 5) is 24.3. The van der Waals surface area contributed by atoms with Crippen molar-refractivity contribution in [3.05, 3.63) is 29.3 Å². The maximum atomic E-state index is 12.2. The summed E-state index contributed by atoms with van der Waals surface area (Å²) < 4.78 is 10.4. The molecule has 1 aliphatic rings. The van der Waals surface area contributed by atoms with Crippen LogP contribution in [0.15, 0.2) is 24.3 Å². The van der Waals surface area contributed by atoms with Crippen LogP contribution in [-0.2, 0) is 14.3 Å². The second kappa shape index (κ2) is 6.14. The van der Waals surface area contributed by atoms with Gasteiger partial charge in [0.2, 0.25) is 0 Å². The maximum absolute atomic E-state index is 12.2. The third-order valence-electron chi connectivity index (χ3n) is 3.47. The van der Waals surface area contributed by atoms with E-state index in [1.165, 1.54) is 7.11 Å². The zero-order chi connectivity index (χ0) is 16.4. The lowest BCUT2D eigenvalue weighted by molar-refractivity contribution is -0.148. The molecule has 6 nitrogen and oxygen atoms in total. The van der Waals surface area contributed by atoms with E-state index < -0.39 is 23.1 Å². The van der Waals surface area contributed by atoms with E-state index in [9.17, 15) is 9.59 Å². The van der Waals surface area contributed by atoms with Crippen molar-refractivity contribution in [1.82, 2.24) is 5.32 Å². The van der Waals surface area contributed by atoms with Crippen molar-refractivity contribution in [2.75, 3.05) is 19.0 Å². The van der Waals surface area contributed by atoms with Crippen molar-refractivity contribution in [2.45, 2.75) is 31.4 Å². The number of anilines is 1. The SMILES string of the molecule is COC(=O)C1(NC(=O)Nc2ccc(Cl)cc2)COC(C)(C)C1. The Balaban J connectivity index is 2.09. The van der Waals surface area contributed by atoms with E-state index in [0.717, 1.165) is 0 Å². The van der Waals surface area contributed by atoms with Gasteiger partial charge < -0.3 is 20.1 Å². The van der Waals surface area contributed by atoms with Gasteiger partial charge in [0.25, 0.3) is 0 Å². The molecule has 2 amide bonds. The van der Waals surface area contributed by atoms with E-state index in [2.05, 4.69) is 10.6 Å². The van der Waals surface area contributed by atoms with Gasteiger partial charge in [0.05, 0.1) is 19.3 Å². The number of amides is 2. The third-order valence-corrected chi connectivity index (χ3v) is 3.72. The quantitative estimate of drug-likeness (QED) is 0.837. The number of hydrogen-bond acceptors (Lipinski definition) is 4. The summed E-state index contributed by atoms with van der Waals surface area (Å²) in [5.41, 5.74) is -1.13. The zero-order valence-electron chi connectivity index (χ0n) is 12.7. The summed E-state index contributed by atoms with van der Waals surface area (Å²) in [6, 6.07) is 6.15. The highest BCUT2D eigenvalue weighted by atomic mass is 35.5. The van der Waals surface area contributed by atoms with Gasteiger partial charge in [-0.2, -0.15) is 0 Å². The fourth-order valence-corrected chi connectivity index (χ4v) is 2.64. The molecule has 2 N–H and O–H groups in total. The van der Waals surface area contributed by atoms with Crippen LogP contribution in [0.2, 0.25) is 5.02 Å². The fourth-order valence-electron chi connectivity index (χ4n) is 2.52. The summed E-state index contributed by atoms with van der Waals surface area (Å²) in [5.74, 6) is -0.524. The van der Waals surface area contributed by atoms with E-state index in [1.54, 1.807) is 24.3 Å². The summed E-state index contributed by atoms with van der Waals surface area (Å²) in [6.45, 7) is 3.79. The van der Waals surface area contributed by atoms with Crippen LogP contribution in [0, 0.1) is 0 Å². The molecule has 22 heavy (non-hydrogen) atoms. The minimum atomic E-state index is -1.19. The monoisotopic (exact) mass is 326 g/mol. The number of rotatable bonds is 3. The Labute approximate surface area is 134 Å². The molecule has 0 aromatic heterocycles. The van der Waals surface area contributed by atoms with E-state index in [1.807, 2.05) is 13.8 Å². The molecule has 1 fully saturated rings. The molecule has 0 spiro atoms. The number of nitrogens with one attached hydrogen (secondary N) is 2. The van der Waals surface area contributed by atoms with Crippen LogP contribution in [0.3, 0.4) is 0 Å². The van der Waals surface area contributed by atoms with Gasteiger partial charge >= 0.3 is 12.0 Å². The van der Waals surface area contributed by atoms with E-state index >= 15 is 0 Å². The Morgan fingerprint density at radius 1 is 1.27 bits per heavy atom. The molecule has 0 bridgehead atoms. The van der Waals surface area contributed by atoms with Crippen molar-refractivity contribution in [3.8, 4) is 0 Å². The lowest BCUT2D eigenvalue weighted by Crippen LogP contribution is -2.57. The molecule has 1 aromatic rings. The van der Waals surface area contributed by atoms with Gasteiger partial charge in [-0.15, -0.1) is 0 Å². The second-order valence-corrected chi connectivity index (χ2v) is 6.32. The fraction of sp³-hybridized carbons (Fsp3) is 0.467. The Kier molecular flexibility index (Phi) is 4.63. The van der Waals surface area contributed by atoms with Crippen LogP contribution < -0.4 is 10.6 Å². The van der Waals surface area contributed by atoms with Gasteiger partial charge in [0.15, 0.2) is 5.54 Å². The minimum absolute atomic E-state index is 0.0701. The number of carbonyl (C=O) groups is 2. The molecule has 0 radical (unpaired) electrons. The first-order chi connectivity index (χ1) is 10.3. The average Bonchev–Trinajstić information content (AvgIpc) is 2.76. The number of esters is 1. The van der Waals surface area contributed by atoms with Crippen LogP contribution in [0.5, 0.6) is 0 Å². The molecule has 0 aliphatic carbocycles. The van der Waals surface area contributed by atoms with E-state index in [0.29, 0.717) is 17.1 Å². The summed E-state index contributed by atoms with van der Waals surface area (Å²) in [5, 5.41) is 5.91. The van der Waals surface area contributed by atoms with Crippen molar-refractivity contribution in [1.29, 1.82) is 0 Å². The Bertz CT molecular complexity index is 573. The molecule has 7 heteroatoms. The second-order valence-electron chi connectivity index (χ2n) is 5.88. The van der Waals surface area contributed by atoms with Gasteiger partial charge in [0.1, 0.15) is 0 Å². The van der Waals surface area contributed by atoms with Gasteiger partial charge in [-0.05, 0) is 38.1 Å². The first-order valence-corrected chi connectivity index (χ1v) is 7.21. The number of benzene rings is 1. The van der Waals surface area contributed by atoms with Crippen molar-refractivity contribution < 1.29 is 19.1 Å². The normalized spacial score (nSPS) is 22.9.